The molecule has 9 heteroatoms. The Morgan fingerprint density at radius 1 is 1.25 bits per heavy atom. The maximum absolute atomic E-state index is 13.1. The summed E-state index contributed by atoms with van der Waals surface area (Å²) < 4.78 is 1.09. The van der Waals surface area contributed by atoms with Gasteiger partial charge in [-0.05, 0) is 18.1 Å². The van der Waals surface area contributed by atoms with Crippen molar-refractivity contribution in [3.8, 4) is 5.75 Å². The first-order valence-electron chi connectivity index (χ1n) is 8.53. The highest BCUT2D eigenvalue weighted by Crippen LogP contribution is 2.31. The van der Waals surface area contributed by atoms with E-state index in [1.54, 1.807) is 32.3 Å². The summed E-state index contributed by atoms with van der Waals surface area (Å²) >= 11 is 12.3. The van der Waals surface area contributed by atoms with Crippen LogP contribution in [0.5, 0.6) is 5.75 Å². The number of aromatic nitrogens is 1. The van der Waals surface area contributed by atoms with Crippen LogP contribution >= 0.6 is 23.2 Å². The highest BCUT2D eigenvalue weighted by Gasteiger charge is 2.34. The number of fused-ring (bicyclic) bond motifs is 1. The number of benzene rings is 1. The molecule has 0 spiro atoms. The lowest BCUT2D eigenvalue weighted by atomic mass is 9.95. The molecule has 2 amide bonds. The van der Waals surface area contributed by atoms with Gasteiger partial charge in [-0.1, -0.05) is 35.3 Å². The number of hydrogen-bond donors (Lipinski definition) is 1. The molecule has 28 heavy (non-hydrogen) atoms. The van der Waals surface area contributed by atoms with Gasteiger partial charge in [0.05, 0.1) is 15.6 Å². The topological polar surface area (TPSA) is 82.9 Å². The summed E-state index contributed by atoms with van der Waals surface area (Å²) in [6.45, 7) is 0.476. The van der Waals surface area contributed by atoms with Gasteiger partial charge >= 0.3 is 0 Å². The van der Waals surface area contributed by atoms with Gasteiger partial charge in [-0.15, -0.1) is 0 Å². The van der Waals surface area contributed by atoms with Crippen LogP contribution in [0, 0.1) is 0 Å². The minimum Gasteiger partial charge on any atom is -0.502 e. The number of carbonyl (C=O) groups excluding carboxylic acids is 2. The van der Waals surface area contributed by atoms with Gasteiger partial charge in [0.25, 0.3) is 17.4 Å². The van der Waals surface area contributed by atoms with Gasteiger partial charge in [0.1, 0.15) is 5.69 Å². The number of amides is 2. The zero-order valence-electron chi connectivity index (χ0n) is 15.6. The third kappa shape index (κ3) is 3.25. The molecule has 2 aromatic rings. The van der Waals surface area contributed by atoms with Crippen molar-refractivity contribution in [1.29, 1.82) is 0 Å². The number of aromatic hydroxyl groups is 1. The monoisotopic (exact) mass is 423 g/mol. The molecular weight excluding hydrogens is 405 g/mol. The summed E-state index contributed by atoms with van der Waals surface area (Å²) in [6.07, 6.45) is 0.315. The fraction of sp³-hybridized carbons (Fsp3) is 0.316. The number of rotatable bonds is 3. The molecule has 7 nitrogen and oxygen atoms in total. The summed E-state index contributed by atoms with van der Waals surface area (Å²) in [7, 11) is 4.52. The summed E-state index contributed by atoms with van der Waals surface area (Å²) in [5, 5.41) is 11.1. The van der Waals surface area contributed by atoms with E-state index in [-0.39, 0.29) is 17.8 Å². The summed E-state index contributed by atoms with van der Waals surface area (Å²) in [6, 6.07) is 5.13. The van der Waals surface area contributed by atoms with Crippen LogP contribution in [0.1, 0.15) is 32.0 Å². The van der Waals surface area contributed by atoms with Crippen LogP contribution in [0.4, 0.5) is 0 Å². The molecule has 0 bridgehead atoms. The van der Waals surface area contributed by atoms with Gasteiger partial charge in [-0.2, -0.15) is 0 Å². The molecule has 0 saturated carbocycles. The van der Waals surface area contributed by atoms with Crippen molar-refractivity contribution in [1.82, 2.24) is 14.4 Å². The summed E-state index contributed by atoms with van der Waals surface area (Å²) in [5.74, 6) is -1.59. The zero-order chi connectivity index (χ0) is 20.7. The molecule has 1 aromatic heterocycles. The maximum atomic E-state index is 13.1. The standard InChI is InChI=1S/C19H19Cl2N3O4/c1-22(2)18(27)15-11-7-8-24(9-10-5-4-6-12(20)14(10)21)17(26)13(11)16(25)19(28)23(15)3/h4-6,25H,7-9H2,1-3H3. The SMILES string of the molecule is CN(C)C(=O)c1c2c(c(O)c(=O)n1C)C(=O)N(Cc1cccc(Cl)c1Cl)CC2. The molecule has 0 unspecified atom stereocenters. The minimum absolute atomic E-state index is 0.108. The van der Waals surface area contributed by atoms with Crippen LogP contribution in [0.2, 0.25) is 10.0 Å². The largest absolute Gasteiger partial charge is 0.502 e. The first-order chi connectivity index (χ1) is 13.1. The predicted octanol–water partition coefficient (Wildman–Crippen LogP) is 2.30. The molecule has 0 radical (unpaired) electrons. The Bertz CT molecular complexity index is 1050. The Kier molecular flexibility index (Phi) is 5.41. The van der Waals surface area contributed by atoms with E-state index >= 15 is 0 Å². The molecule has 1 aliphatic rings. The second-order valence-electron chi connectivity index (χ2n) is 6.80. The Labute approximate surface area is 171 Å². The van der Waals surface area contributed by atoms with Crippen molar-refractivity contribution in [3.63, 3.8) is 0 Å². The third-order valence-electron chi connectivity index (χ3n) is 4.80. The summed E-state index contributed by atoms with van der Waals surface area (Å²) in [5.41, 5.74) is 0.213. The number of hydrogen-bond acceptors (Lipinski definition) is 4. The first-order valence-corrected chi connectivity index (χ1v) is 9.29. The van der Waals surface area contributed by atoms with Gasteiger partial charge in [-0.3, -0.25) is 14.4 Å². The van der Waals surface area contributed by atoms with Gasteiger partial charge < -0.3 is 19.5 Å². The van der Waals surface area contributed by atoms with E-state index < -0.39 is 23.1 Å². The van der Waals surface area contributed by atoms with Crippen LogP contribution < -0.4 is 5.56 Å². The van der Waals surface area contributed by atoms with Crippen molar-refractivity contribution in [3.05, 3.63) is 61.0 Å². The second kappa shape index (κ2) is 7.48. The van der Waals surface area contributed by atoms with Crippen LogP contribution in [0.3, 0.4) is 0 Å². The molecular formula is C19H19Cl2N3O4. The maximum Gasteiger partial charge on any atom is 0.293 e. The first kappa shape index (κ1) is 20.2. The average Bonchev–Trinajstić information content (AvgIpc) is 2.65. The lowest BCUT2D eigenvalue weighted by molar-refractivity contribution is 0.0720. The minimum atomic E-state index is -0.792. The molecule has 148 valence electrons. The smallest absolute Gasteiger partial charge is 0.293 e. The van der Waals surface area contributed by atoms with Gasteiger partial charge in [0.15, 0.2) is 5.75 Å². The Morgan fingerprint density at radius 2 is 1.93 bits per heavy atom. The molecule has 2 heterocycles. The normalized spacial score (nSPS) is 13.5. The van der Waals surface area contributed by atoms with Crippen LogP contribution in [-0.4, -0.2) is 51.9 Å². The average molecular weight is 424 g/mol. The molecule has 1 N–H and O–H groups in total. The lowest BCUT2D eigenvalue weighted by Gasteiger charge is -2.31. The Morgan fingerprint density at radius 3 is 2.57 bits per heavy atom. The highest BCUT2D eigenvalue weighted by molar-refractivity contribution is 6.42. The van der Waals surface area contributed by atoms with E-state index in [0.717, 1.165) is 4.57 Å². The quantitative estimate of drug-likeness (QED) is 0.820. The number of halogens is 2. The van der Waals surface area contributed by atoms with E-state index in [4.69, 9.17) is 23.2 Å². The van der Waals surface area contributed by atoms with Crippen LogP contribution in [0.15, 0.2) is 23.0 Å². The molecule has 0 saturated heterocycles. The van der Waals surface area contributed by atoms with E-state index in [0.29, 0.717) is 34.1 Å². The van der Waals surface area contributed by atoms with E-state index in [2.05, 4.69) is 0 Å². The Hall–Kier alpha value is -2.51. The fourth-order valence-corrected chi connectivity index (χ4v) is 3.70. The molecule has 0 atom stereocenters. The van der Waals surface area contributed by atoms with Crippen LogP contribution in [-0.2, 0) is 20.0 Å². The highest BCUT2D eigenvalue weighted by atomic mass is 35.5. The van der Waals surface area contributed by atoms with Gasteiger partial charge in [0, 0.05) is 39.8 Å². The van der Waals surface area contributed by atoms with Crippen molar-refractivity contribution >= 4 is 35.0 Å². The second-order valence-corrected chi connectivity index (χ2v) is 7.59. The van der Waals surface area contributed by atoms with Crippen molar-refractivity contribution < 1.29 is 14.7 Å². The van der Waals surface area contributed by atoms with Gasteiger partial charge in [0.2, 0.25) is 0 Å². The molecule has 1 aromatic carbocycles. The molecule has 0 aliphatic carbocycles. The third-order valence-corrected chi connectivity index (χ3v) is 5.66. The lowest BCUT2D eigenvalue weighted by Crippen LogP contribution is -2.42. The molecule has 3 rings (SSSR count). The van der Waals surface area contributed by atoms with E-state index in [1.807, 2.05) is 0 Å². The number of carbonyl (C=O) groups is 2. The van der Waals surface area contributed by atoms with Crippen LogP contribution in [0.25, 0.3) is 0 Å². The number of pyridine rings is 1. The molecule has 1 aliphatic heterocycles. The van der Waals surface area contributed by atoms with Crippen molar-refractivity contribution in [2.45, 2.75) is 13.0 Å². The fourth-order valence-electron chi connectivity index (χ4n) is 3.32. The number of nitrogens with zero attached hydrogens (tertiary/aromatic N) is 3. The predicted molar refractivity (Wildman–Crippen MR) is 106 cm³/mol. The van der Waals surface area contributed by atoms with Crippen molar-refractivity contribution in [2.24, 2.45) is 7.05 Å². The van der Waals surface area contributed by atoms with E-state index in [1.165, 1.54) is 16.8 Å². The zero-order valence-corrected chi connectivity index (χ0v) is 17.1. The summed E-state index contributed by atoms with van der Waals surface area (Å²) in [4.78, 5) is 40.9. The van der Waals surface area contributed by atoms with Crippen molar-refractivity contribution in [2.75, 3.05) is 20.6 Å². The van der Waals surface area contributed by atoms with E-state index in [9.17, 15) is 19.5 Å². The Balaban J connectivity index is 2.09. The molecule has 0 fully saturated rings. The van der Waals surface area contributed by atoms with Gasteiger partial charge in [-0.25, -0.2) is 0 Å².